The Balaban J connectivity index is 1.69. The molecule has 0 unspecified atom stereocenters. The molecule has 2 bridgehead atoms. The van der Waals surface area contributed by atoms with Crippen LogP contribution in [-0.2, 0) is 4.74 Å². The van der Waals surface area contributed by atoms with Gasteiger partial charge in [0, 0.05) is 0 Å². The van der Waals surface area contributed by atoms with Crippen LogP contribution in [0.25, 0.3) is 11.0 Å². The molecule has 2 aliphatic heterocycles. The molecule has 2 aromatic rings. The number of aromatic nitrogens is 4. The fourth-order valence-electron chi connectivity index (χ4n) is 3.64. The minimum absolute atomic E-state index is 0.311. The van der Waals surface area contributed by atoms with E-state index in [9.17, 15) is 0 Å². The van der Waals surface area contributed by atoms with E-state index in [0.717, 1.165) is 42.9 Å². The van der Waals surface area contributed by atoms with E-state index in [1.165, 1.54) is 12.8 Å². The van der Waals surface area contributed by atoms with Gasteiger partial charge in [0.15, 0.2) is 5.65 Å². The summed E-state index contributed by atoms with van der Waals surface area (Å²) < 4.78 is 7.67. The molecule has 2 saturated heterocycles. The van der Waals surface area contributed by atoms with E-state index in [4.69, 9.17) is 16.3 Å². The van der Waals surface area contributed by atoms with Gasteiger partial charge in [0.05, 0.1) is 42.9 Å². The number of fused-ring (bicyclic) bond motifs is 3. The van der Waals surface area contributed by atoms with Crippen molar-refractivity contribution < 1.29 is 4.74 Å². The average molecular weight is 306 g/mol. The molecular weight excluding hydrogens is 290 g/mol. The summed E-state index contributed by atoms with van der Waals surface area (Å²) >= 11 is 6.19. The van der Waals surface area contributed by atoms with Gasteiger partial charge in [-0.25, -0.2) is 4.68 Å². The van der Waals surface area contributed by atoms with Crippen LogP contribution < -0.4 is 4.90 Å². The van der Waals surface area contributed by atoms with Crippen LogP contribution in [0.15, 0.2) is 6.20 Å². The highest BCUT2D eigenvalue weighted by Gasteiger charge is 2.39. The van der Waals surface area contributed by atoms with Crippen LogP contribution in [0.1, 0.15) is 31.7 Å². The van der Waals surface area contributed by atoms with Crippen LogP contribution in [0.4, 0.5) is 5.82 Å². The van der Waals surface area contributed by atoms with Crippen LogP contribution >= 0.6 is 11.6 Å². The average Bonchev–Trinajstić information content (AvgIpc) is 3.19. The fourth-order valence-corrected chi connectivity index (χ4v) is 3.80. The normalized spacial score (nSPS) is 28.5. The highest BCUT2D eigenvalue weighted by molar-refractivity contribution is 6.28. The van der Waals surface area contributed by atoms with Crippen molar-refractivity contribution in [2.45, 2.75) is 43.8 Å². The zero-order chi connectivity index (χ0) is 14.0. The van der Waals surface area contributed by atoms with Crippen molar-refractivity contribution in [3.8, 4) is 0 Å². The molecule has 0 amide bonds. The zero-order valence-electron chi connectivity index (χ0n) is 11.6. The number of nitrogens with zero attached hydrogens (tertiary/aromatic N) is 5. The molecule has 110 valence electrons. The summed E-state index contributed by atoms with van der Waals surface area (Å²) in [5.74, 6) is 0.938. The molecule has 1 saturated carbocycles. The number of anilines is 1. The van der Waals surface area contributed by atoms with E-state index in [1.807, 2.05) is 10.9 Å². The molecule has 0 spiro atoms. The summed E-state index contributed by atoms with van der Waals surface area (Å²) in [4.78, 5) is 11.3. The Morgan fingerprint density at radius 2 is 1.76 bits per heavy atom. The number of rotatable bonds is 2. The highest BCUT2D eigenvalue weighted by Crippen LogP contribution is 2.40. The van der Waals surface area contributed by atoms with Crippen molar-refractivity contribution in [1.82, 2.24) is 19.7 Å². The van der Waals surface area contributed by atoms with Gasteiger partial charge >= 0.3 is 0 Å². The summed E-state index contributed by atoms with van der Waals surface area (Å²) in [6, 6.07) is 1.30. The van der Waals surface area contributed by atoms with Crippen molar-refractivity contribution in [3.63, 3.8) is 0 Å². The van der Waals surface area contributed by atoms with Crippen LogP contribution in [0.3, 0.4) is 0 Å². The molecule has 7 heteroatoms. The molecule has 2 aromatic heterocycles. The van der Waals surface area contributed by atoms with Crippen LogP contribution in [0, 0.1) is 0 Å². The summed E-state index contributed by atoms with van der Waals surface area (Å²) in [5.41, 5.74) is 0.874. The number of halogens is 1. The molecule has 2 atom stereocenters. The Kier molecular flexibility index (Phi) is 2.49. The first-order chi connectivity index (χ1) is 10.3. The van der Waals surface area contributed by atoms with Crippen molar-refractivity contribution in [2.75, 3.05) is 18.1 Å². The van der Waals surface area contributed by atoms with Gasteiger partial charge in [0.1, 0.15) is 5.82 Å². The van der Waals surface area contributed by atoms with Crippen LogP contribution in [-0.4, -0.2) is 45.0 Å². The molecule has 3 aliphatic rings. The minimum atomic E-state index is 0.311. The highest BCUT2D eigenvalue weighted by atomic mass is 35.5. The SMILES string of the molecule is Clc1nc(N2[C@@H]3CC[C@H]2COC3)c2cnn(C3CC3)c2n1. The van der Waals surface area contributed by atoms with Gasteiger partial charge in [-0.05, 0) is 37.3 Å². The Hall–Kier alpha value is -1.40. The summed E-state index contributed by atoms with van der Waals surface area (Å²) in [7, 11) is 0. The molecule has 0 N–H and O–H groups in total. The lowest BCUT2D eigenvalue weighted by molar-refractivity contribution is 0.0904. The van der Waals surface area contributed by atoms with Gasteiger partial charge in [-0.3, -0.25) is 0 Å². The number of morpholine rings is 1. The number of hydrogen-bond acceptors (Lipinski definition) is 5. The second kappa shape index (κ2) is 4.30. The molecule has 6 nitrogen and oxygen atoms in total. The first-order valence-corrected chi connectivity index (χ1v) is 7.96. The first-order valence-electron chi connectivity index (χ1n) is 7.58. The van der Waals surface area contributed by atoms with Gasteiger partial charge in [-0.2, -0.15) is 15.1 Å². The molecular formula is C14H16ClN5O. The molecule has 0 aromatic carbocycles. The van der Waals surface area contributed by atoms with Crippen molar-refractivity contribution in [1.29, 1.82) is 0 Å². The van der Waals surface area contributed by atoms with Gasteiger partial charge in [-0.15, -0.1) is 0 Å². The third-order valence-corrected chi connectivity index (χ3v) is 4.95. The van der Waals surface area contributed by atoms with E-state index in [1.54, 1.807) is 0 Å². The van der Waals surface area contributed by atoms with E-state index >= 15 is 0 Å². The third-order valence-electron chi connectivity index (χ3n) is 4.78. The minimum Gasteiger partial charge on any atom is -0.377 e. The summed E-state index contributed by atoms with van der Waals surface area (Å²) in [5, 5.41) is 5.85. The fraction of sp³-hybridized carbons (Fsp3) is 0.643. The second-order valence-electron chi connectivity index (χ2n) is 6.20. The predicted octanol–water partition coefficient (Wildman–Crippen LogP) is 2.18. The van der Waals surface area contributed by atoms with Crippen LogP contribution in [0.5, 0.6) is 0 Å². The Bertz CT molecular complexity index is 697. The zero-order valence-corrected chi connectivity index (χ0v) is 12.3. The van der Waals surface area contributed by atoms with Crippen molar-refractivity contribution in [3.05, 3.63) is 11.5 Å². The lowest BCUT2D eigenvalue weighted by Gasteiger charge is -2.35. The molecule has 5 rings (SSSR count). The molecule has 1 aliphatic carbocycles. The molecule has 3 fully saturated rings. The Morgan fingerprint density at radius 1 is 1.05 bits per heavy atom. The molecule has 0 radical (unpaired) electrons. The number of hydrogen-bond donors (Lipinski definition) is 0. The summed E-state index contributed by atoms with van der Waals surface area (Å²) in [6.45, 7) is 1.55. The molecule has 4 heterocycles. The van der Waals surface area contributed by atoms with Gasteiger partial charge in [0.25, 0.3) is 0 Å². The Labute approximate surface area is 127 Å². The third kappa shape index (κ3) is 1.78. The predicted molar refractivity (Wildman–Crippen MR) is 78.7 cm³/mol. The number of ether oxygens (including phenoxy) is 1. The standard InChI is InChI=1S/C14H16ClN5O/c15-14-17-12(19-9-3-4-10(19)7-21-6-9)11-5-16-20(8-1-2-8)13(11)18-14/h5,8-10H,1-4,6-7H2/t9-,10+. The maximum absolute atomic E-state index is 6.19. The monoisotopic (exact) mass is 305 g/mol. The van der Waals surface area contributed by atoms with Gasteiger partial charge < -0.3 is 9.64 Å². The second-order valence-corrected chi connectivity index (χ2v) is 6.54. The van der Waals surface area contributed by atoms with E-state index in [2.05, 4.69) is 20.0 Å². The maximum Gasteiger partial charge on any atom is 0.226 e. The first kappa shape index (κ1) is 12.2. The smallest absolute Gasteiger partial charge is 0.226 e. The van der Waals surface area contributed by atoms with E-state index in [-0.39, 0.29) is 0 Å². The topological polar surface area (TPSA) is 56.1 Å². The maximum atomic E-state index is 6.19. The Morgan fingerprint density at radius 3 is 2.48 bits per heavy atom. The lowest BCUT2D eigenvalue weighted by Crippen LogP contribution is -2.46. The van der Waals surface area contributed by atoms with Gasteiger partial charge in [0.2, 0.25) is 5.28 Å². The van der Waals surface area contributed by atoms with E-state index < -0.39 is 0 Å². The van der Waals surface area contributed by atoms with Crippen molar-refractivity contribution in [2.24, 2.45) is 0 Å². The lowest BCUT2D eigenvalue weighted by atomic mass is 10.2. The van der Waals surface area contributed by atoms with Gasteiger partial charge in [-0.1, -0.05) is 0 Å². The quantitative estimate of drug-likeness (QED) is 0.796. The van der Waals surface area contributed by atoms with E-state index in [0.29, 0.717) is 23.4 Å². The van der Waals surface area contributed by atoms with Crippen molar-refractivity contribution >= 4 is 28.5 Å². The molecule has 21 heavy (non-hydrogen) atoms. The summed E-state index contributed by atoms with van der Waals surface area (Å²) in [6.07, 6.45) is 6.57. The van der Waals surface area contributed by atoms with Crippen LogP contribution in [0.2, 0.25) is 5.28 Å². The largest absolute Gasteiger partial charge is 0.377 e.